The van der Waals surface area contributed by atoms with E-state index in [1.807, 2.05) is 0 Å². The molecule has 0 aliphatic heterocycles. The monoisotopic (exact) mass is 250 g/mol. The van der Waals surface area contributed by atoms with Crippen molar-refractivity contribution in [2.24, 2.45) is 0 Å². The van der Waals surface area contributed by atoms with E-state index in [-0.39, 0.29) is 0 Å². The topological polar surface area (TPSA) is 0 Å². The van der Waals surface area contributed by atoms with Crippen LogP contribution >= 0.6 is 0 Å². The summed E-state index contributed by atoms with van der Waals surface area (Å²) in [4.78, 5) is 0. The van der Waals surface area contributed by atoms with Crippen molar-refractivity contribution in [1.29, 1.82) is 0 Å². The van der Waals surface area contributed by atoms with Crippen molar-refractivity contribution in [3.63, 3.8) is 0 Å². The zero-order chi connectivity index (χ0) is 13.4. The molecule has 1 aliphatic carbocycles. The van der Waals surface area contributed by atoms with Gasteiger partial charge in [-0.3, -0.25) is 0 Å². The molecular weight excluding hydrogens is 228 g/mol. The molecule has 0 spiro atoms. The fraction of sp³-hybridized carbons (Fsp3) is 0.368. The van der Waals surface area contributed by atoms with Crippen LogP contribution in [0.1, 0.15) is 57.1 Å². The lowest BCUT2D eigenvalue weighted by Crippen LogP contribution is -2.10. The Balaban J connectivity index is 2.42. The van der Waals surface area contributed by atoms with Crippen LogP contribution in [0.5, 0.6) is 0 Å². The Morgan fingerprint density at radius 3 is 2.26 bits per heavy atom. The van der Waals surface area contributed by atoms with Crippen LogP contribution < -0.4 is 0 Å². The van der Waals surface area contributed by atoms with E-state index in [9.17, 15) is 0 Å². The Labute approximate surface area is 116 Å². The van der Waals surface area contributed by atoms with E-state index in [0.29, 0.717) is 5.92 Å². The van der Waals surface area contributed by atoms with Crippen LogP contribution in [0.15, 0.2) is 42.0 Å². The van der Waals surface area contributed by atoms with Crippen LogP contribution in [0.2, 0.25) is 0 Å². The molecule has 0 bridgehead atoms. The van der Waals surface area contributed by atoms with Crippen molar-refractivity contribution in [2.45, 2.75) is 46.0 Å². The molecule has 0 saturated heterocycles. The first-order chi connectivity index (χ1) is 9.31. The normalized spacial score (nSPS) is 18.2. The molecule has 0 N–H and O–H groups in total. The number of hydrogen-bond donors (Lipinski definition) is 0. The third-order valence-electron chi connectivity index (χ3n) is 4.59. The summed E-state index contributed by atoms with van der Waals surface area (Å²) in [6.07, 6.45) is 3.53. The maximum atomic E-state index is 2.34. The molecule has 2 aromatic carbocycles. The summed E-state index contributed by atoms with van der Waals surface area (Å²) in [6, 6.07) is 13.6. The fourth-order valence-electron chi connectivity index (χ4n) is 3.83. The highest BCUT2D eigenvalue weighted by Crippen LogP contribution is 2.46. The molecule has 0 amide bonds. The molecule has 0 nitrogen and oxygen atoms in total. The molecule has 0 radical (unpaired) electrons. The first-order valence-electron chi connectivity index (χ1n) is 7.55. The van der Waals surface area contributed by atoms with Gasteiger partial charge in [0, 0.05) is 5.92 Å². The summed E-state index contributed by atoms with van der Waals surface area (Å²) in [5, 5.41) is 2.90. The molecule has 0 aromatic heterocycles. The molecule has 1 unspecified atom stereocenters. The van der Waals surface area contributed by atoms with Gasteiger partial charge >= 0.3 is 0 Å². The third kappa shape index (κ3) is 1.74. The maximum Gasteiger partial charge on any atom is 0.00578 e. The second-order valence-corrected chi connectivity index (χ2v) is 5.42. The van der Waals surface area contributed by atoms with Gasteiger partial charge in [0.1, 0.15) is 0 Å². The maximum absolute atomic E-state index is 2.34. The van der Waals surface area contributed by atoms with Crippen molar-refractivity contribution in [2.75, 3.05) is 0 Å². The molecule has 0 heteroatoms. The predicted molar refractivity (Wildman–Crippen MR) is 84.5 cm³/mol. The van der Waals surface area contributed by atoms with Crippen molar-refractivity contribution in [3.8, 4) is 0 Å². The highest BCUT2D eigenvalue weighted by molar-refractivity contribution is 5.99. The lowest BCUT2D eigenvalue weighted by molar-refractivity contribution is 0.730. The SMILES string of the molecule is CCC1=C(CC)C(CC)c2cccc3cccc1c23. The van der Waals surface area contributed by atoms with Gasteiger partial charge < -0.3 is 0 Å². The Bertz CT molecular complexity index is 641. The largest absolute Gasteiger partial charge is 0.0645 e. The Hall–Kier alpha value is -1.56. The second-order valence-electron chi connectivity index (χ2n) is 5.42. The fourth-order valence-corrected chi connectivity index (χ4v) is 3.83. The zero-order valence-corrected chi connectivity index (χ0v) is 12.2. The van der Waals surface area contributed by atoms with Crippen LogP contribution in [0, 0.1) is 0 Å². The van der Waals surface area contributed by atoms with Crippen molar-refractivity contribution >= 4 is 16.3 Å². The van der Waals surface area contributed by atoms with Gasteiger partial charge in [0.25, 0.3) is 0 Å². The van der Waals surface area contributed by atoms with Gasteiger partial charge in [-0.25, -0.2) is 0 Å². The van der Waals surface area contributed by atoms with Crippen LogP contribution in [0.25, 0.3) is 16.3 Å². The van der Waals surface area contributed by atoms with Crippen LogP contribution in [-0.2, 0) is 0 Å². The van der Waals surface area contributed by atoms with Crippen molar-refractivity contribution < 1.29 is 0 Å². The number of rotatable bonds is 3. The van der Waals surface area contributed by atoms with Crippen LogP contribution in [0.3, 0.4) is 0 Å². The van der Waals surface area contributed by atoms with Gasteiger partial charge in [0.05, 0.1) is 0 Å². The summed E-state index contributed by atoms with van der Waals surface area (Å²) < 4.78 is 0. The average Bonchev–Trinajstić information content (AvgIpc) is 2.47. The quantitative estimate of drug-likeness (QED) is 0.634. The third-order valence-corrected chi connectivity index (χ3v) is 4.59. The molecule has 0 saturated carbocycles. The first kappa shape index (κ1) is 12.5. The Morgan fingerprint density at radius 2 is 1.63 bits per heavy atom. The first-order valence-corrected chi connectivity index (χ1v) is 7.55. The highest BCUT2D eigenvalue weighted by Gasteiger charge is 2.25. The lowest BCUT2D eigenvalue weighted by atomic mass is 9.74. The molecule has 19 heavy (non-hydrogen) atoms. The summed E-state index contributed by atoms with van der Waals surface area (Å²) in [6.45, 7) is 6.92. The molecule has 1 atom stereocenters. The van der Waals surface area contributed by atoms with Crippen LogP contribution in [-0.4, -0.2) is 0 Å². The van der Waals surface area contributed by atoms with Gasteiger partial charge in [-0.15, -0.1) is 0 Å². The standard InChI is InChI=1S/C19H22/c1-4-14-15(5-2)17-11-7-9-13-10-8-12-18(19(13)17)16(14)6-3/h7-12,15H,4-6H2,1-3H3. The summed E-state index contributed by atoms with van der Waals surface area (Å²) in [5.74, 6) is 0.624. The van der Waals surface area contributed by atoms with Crippen molar-refractivity contribution in [3.05, 3.63) is 53.1 Å². The van der Waals surface area contributed by atoms with Gasteiger partial charge in [-0.2, -0.15) is 0 Å². The number of benzene rings is 2. The minimum absolute atomic E-state index is 0.624. The molecule has 1 aliphatic rings. The van der Waals surface area contributed by atoms with E-state index in [2.05, 4.69) is 57.2 Å². The smallest absolute Gasteiger partial charge is 0.00578 e. The average molecular weight is 250 g/mol. The minimum Gasteiger partial charge on any atom is -0.0645 e. The summed E-state index contributed by atoms with van der Waals surface area (Å²) >= 11 is 0. The van der Waals surface area contributed by atoms with Gasteiger partial charge in [0.2, 0.25) is 0 Å². The van der Waals surface area contributed by atoms with Gasteiger partial charge in [-0.1, -0.05) is 62.7 Å². The molecular formula is C19H22. The summed E-state index contributed by atoms with van der Waals surface area (Å²) in [5.41, 5.74) is 6.29. The van der Waals surface area contributed by atoms with Crippen LogP contribution in [0.4, 0.5) is 0 Å². The van der Waals surface area contributed by atoms with Crippen molar-refractivity contribution in [1.82, 2.24) is 0 Å². The highest BCUT2D eigenvalue weighted by atomic mass is 14.3. The van der Waals surface area contributed by atoms with E-state index in [1.54, 1.807) is 16.7 Å². The molecule has 98 valence electrons. The predicted octanol–water partition coefficient (Wildman–Crippen LogP) is 5.92. The lowest BCUT2D eigenvalue weighted by Gasteiger charge is -2.30. The van der Waals surface area contributed by atoms with E-state index in [0.717, 1.165) is 6.42 Å². The summed E-state index contributed by atoms with van der Waals surface area (Å²) in [7, 11) is 0. The minimum atomic E-state index is 0.624. The second kappa shape index (κ2) is 4.85. The van der Waals surface area contributed by atoms with Gasteiger partial charge in [-0.05, 0) is 46.7 Å². The molecule has 2 aromatic rings. The molecule has 0 fully saturated rings. The van der Waals surface area contributed by atoms with Gasteiger partial charge in [0.15, 0.2) is 0 Å². The van der Waals surface area contributed by atoms with E-state index in [4.69, 9.17) is 0 Å². The Morgan fingerprint density at radius 1 is 0.895 bits per heavy atom. The number of hydrogen-bond acceptors (Lipinski definition) is 0. The van der Waals surface area contributed by atoms with E-state index < -0.39 is 0 Å². The zero-order valence-electron chi connectivity index (χ0n) is 12.2. The van der Waals surface area contributed by atoms with E-state index in [1.165, 1.54) is 29.2 Å². The Kier molecular flexibility index (Phi) is 3.18. The molecule has 0 heterocycles. The number of allylic oxidation sites excluding steroid dienone is 2. The molecule has 3 rings (SSSR count). The van der Waals surface area contributed by atoms with E-state index >= 15 is 0 Å².